The van der Waals surface area contributed by atoms with E-state index in [1.165, 1.54) is 11.1 Å². The van der Waals surface area contributed by atoms with Crippen molar-refractivity contribution < 1.29 is 14.3 Å². The molecule has 0 atom stereocenters. The van der Waals surface area contributed by atoms with Gasteiger partial charge in [-0.1, -0.05) is 0 Å². The summed E-state index contributed by atoms with van der Waals surface area (Å²) in [5.74, 6) is 0.770. The molecule has 0 aliphatic carbocycles. The lowest BCUT2D eigenvalue weighted by Gasteiger charge is -2.23. The molecule has 1 aliphatic rings. The second-order valence-corrected chi connectivity index (χ2v) is 8.28. The highest BCUT2D eigenvalue weighted by atomic mass is 16.7. The van der Waals surface area contributed by atoms with Crippen LogP contribution in [0.2, 0.25) is 0 Å². The van der Waals surface area contributed by atoms with Crippen LogP contribution >= 0.6 is 0 Å². The number of urea groups is 1. The number of aromatic nitrogens is 4. The van der Waals surface area contributed by atoms with E-state index in [1.54, 1.807) is 23.0 Å². The van der Waals surface area contributed by atoms with Crippen molar-refractivity contribution in [1.29, 1.82) is 5.26 Å². The standard InChI is InChI=1S/C24H28N8O3/c1-5-32(24(33)29-20-10-19(28-15(2)3)16(11-25)12-26-20)21-7-6-18(17-13-27-31(4)14-17)22(30-21)23-34-8-9-35-23/h6-7,10,12-15,23H,5,8-9H2,1-4H3,(H2,26,28,29,33). The molecule has 0 bridgehead atoms. The monoisotopic (exact) mass is 476 g/mol. The van der Waals surface area contributed by atoms with Gasteiger partial charge in [-0.3, -0.25) is 14.9 Å². The second-order valence-electron chi connectivity index (χ2n) is 8.28. The third kappa shape index (κ3) is 5.40. The number of anilines is 3. The molecule has 2 N–H and O–H groups in total. The van der Waals surface area contributed by atoms with Crippen molar-refractivity contribution in [2.75, 3.05) is 35.3 Å². The summed E-state index contributed by atoms with van der Waals surface area (Å²) in [4.78, 5) is 23.7. The molecule has 35 heavy (non-hydrogen) atoms. The number of carbonyl (C=O) groups excluding carboxylic acids is 1. The predicted molar refractivity (Wildman–Crippen MR) is 131 cm³/mol. The van der Waals surface area contributed by atoms with Gasteiger partial charge in [0.15, 0.2) is 0 Å². The topological polar surface area (TPSA) is 130 Å². The number of hydrogen-bond donors (Lipinski definition) is 2. The number of ether oxygens (including phenoxy) is 2. The summed E-state index contributed by atoms with van der Waals surface area (Å²) in [6, 6.07) is 7.13. The van der Waals surface area contributed by atoms with Crippen molar-refractivity contribution >= 4 is 23.4 Å². The highest BCUT2D eigenvalue weighted by Gasteiger charge is 2.26. The van der Waals surface area contributed by atoms with Crippen LogP contribution in [-0.2, 0) is 16.5 Å². The van der Waals surface area contributed by atoms with Crippen LogP contribution in [0.1, 0.15) is 38.3 Å². The van der Waals surface area contributed by atoms with Gasteiger partial charge < -0.3 is 14.8 Å². The Morgan fingerprint density at radius 2 is 2.09 bits per heavy atom. The fourth-order valence-corrected chi connectivity index (χ4v) is 3.74. The van der Waals surface area contributed by atoms with Crippen LogP contribution in [0.4, 0.5) is 22.1 Å². The quantitative estimate of drug-likeness (QED) is 0.528. The minimum absolute atomic E-state index is 0.112. The summed E-state index contributed by atoms with van der Waals surface area (Å²) in [6.07, 6.45) is 4.44. The Morgan fingerprint density at radius 1 is 1.31 bits per heavy atom. The highest BCUT2D eigenvalue weighted by Crippen LogP contribution is 2.33. The van der Waals surface area contributed by atoms with Crippen LogP contribution in [0.5, 0.6) is 0 Å². The number of pyridine rings is 2. The minimum Gasteiger partial charge on any atom is -0.382 e. The molecular weight excluding hydrogens is 448 g/mol. The second kappa shape index (κ2) is 10.5. The number of carbonyl (C=O) groups is 1. The maximum absolute atomic E-state index is 13.2. The number of amides is 2. The Balaban J connectivity index is 1.62. The van der Waals surface area contributed by atoms with Gasteiger partial charge in [0.25, 0.3) is 0 Å². The first-order valence-corrected chi connectivity index (χ1v) is 11.4. The Kier molecular flexibility index (Phi) is 7.24. The third-order valence-corrected chi connectivity index (χ3v) is 5.31. The van der Waals surface area contributed by atoms with Crippen LogP contribution in [-0.4, -0.2) is 51.6 Å². The van der Waals surface area contributed by atoms with Crippen LogP contribution in [0, 0.1) is 11.3 Å². The molecule has 0 unspecified atom stereocenters. The lowest BCUT2D eigenvalue weighted by molar-refractivity contribution is -0.0467. The van der Waals surface area contributed by atoms with Gasteiger partial charge in [-0.05, 0) is 32.9 Å². The number of nitriles is 1. The van der Waals surface area contributed by atoms with Gasteiger partial charge in [0, 0.05) is 49.2 Å². The Hall–Kier alpha value is -4.01. The van der Waals surface area contributed by atoms with Gasteiger partial charge in [0.2, 0.25) is 6.29 Å². The van der Waals surface area contributed by atoms with E-state index in [4.69, 9.17) is 14.5 Å². The molecule has 4 rings (SSSR count). The van der Waals surface area contributed by atoms with Gasteiger partial charge in [-0.2, -0.15) is 10.4 Å². The van der Waals surface area contributed by atoms with E-state index in [9.17, 15) is 10.1 Å². The van der Waals surface area contributed by atoms with Gasteiger partial charge in [0.05, 0.1) is 30.7 Å². The maximum atomic E-state index is 13.2. The molecule has 0 spiro atoms. The molecule has 0 aromatic carbocycles. The molecule has 182 valence electrons. The summed E-state index contributed by atoms with van der Waals surface area (Å²) in [6.45, 7) is 7.10. The smallest absolute Gasteiger partial charge is 0.328 e. The summed E-state index contributed by atoms with van der Waals surface area (Å²) < 4.78 is 13.2. The SMILES string of the molecule is CCN(C(=O)Nc1cc(NC(C)C)c(C#N)cn1)c1ccc(-c2cnn(C)c2)c(C2OCCO2)n1. The van der Waals surface area contributed by atoms with Crippen molar-refractivity contribution in [2.24, 2.45) is 7.05 Å². The molecule has 1 aliphatic heterocycles. The summed E-state index contributed by atoms with van der Waals surface area (Å²) in [7, 11) is 1.84. The van der Waals surface area contributed by atoms with Crippen molar-refractivity contribution in [3.05, 3.63) is 48.0 Å². The molecule has 0 saturated carbocycles. The summed E-state index contributed by atoms with van der Waals surface area (Å²) in [5.41, 5.74) is 3.29. The summed E-state index contributed by atoms with van der Waals surface area (Å²) >= 11 is 0. The molecule has 1 saturated heterocycles. The zero-order valence-electron chi connectivity index (χ0n) is 20.1. The van der Waals surface area contributed by atoms with Gasteiger partial charge >= 0.3 is 6.03 Å². The predicted octanol–water partition coefficient (Wildman–Crippen LogP) is 3.67. The molecule has 11 heteroatoms. The number of nitrogens with zero attached hydrogens (tertiary/aromatic N) is 6. The minimum atomic E-state index is -0.628. The van der Waals surface area contributed by atoms with Crippen LogP contribution in [0.3, 0.4) is 0 Å². The zero-order valence-corrected chi connectivity index (χ0v) is 20.1. The van der Waals surface area contributed by atoms with Crippen LogP contribution in [0.15, 0.2) is 36.8 Å². The Labute approximate surface area is 203 Å². The molecular formula is C24H28N8O3. The molecule has 11 nitrogen and oxygen atoms in total. The molecule has 3 aromatic rings. The number of nitrogens with one attached hydrogen (secondary N) is 2. The van der Waals surface area contributed by atoms with Crippen molar-refractivity contribution in [3.8, 4) is 17.2 Å². The van der Waals surface area contributed by atoms with E-state index in [1.807, 2.05) is 40.1 Å². The van der Waals surface area contributed by atoms with Crippen LogP contribution in [0.25, 0.3) is 11.1 Å². The van der Waals surface area contributed by atoms with Gasteiger partial charge in [-0.25, -0.2) is 14.8 Å². The van der Waals surface area contributed by atoms with E-state index in [0.717, 1.165) is 11.1 Å². The highest BCUT2D eigenvalue weighted by molar-refractivity contribution is 6.01. The average molecular weight is 477 g/mol. The van der Waals surface area contributed by atoms with Crippen LogP contribution < -0.4 is 15.5 Å². The van der Waals surface area contributed by atoms with E-state index in [2.05, 4.69) is 26.8 Å². The fourth-order valence-electron chi connectivity index (χ4n) is 3.74. The summed E-state index contributed by atoms with van der Waals surface area (Å²) in [5, 5.41) is 19.6. The molecule has 4 heterocycles. The fraction of sp³-hybridized carbons (Fsp3) is 0.375. The van der Waals surface area contributed by atoms with Crippen molar-refractivity contribution in [3.63, 3.8) is 0 Å². The van der Waals surface area contributed by atoms with Crippen molar-refractivity contribution in [2.45, 2.75) is 33.1 Å². The lowest BCUT2D eigenvalue weighted by atomic mass is 10.1. The normalized spacial score (nSPS) is 13.6. The first kappa shape index (κ1) is 24.1. The lowest BCUT2D eigenvalue weighted by Crippen LogP contribution is -2.36. The van der Waals surface area contributed by atoms with E-state index in [0.29, 0.717) is 48.3 Å². The number of hydrogen-bond acceptors (Lipinski definition) is 8. The number of aryl methyl sites for hydroxylation is 1. The maximum Gasteiger partial charge on any atom is 0.328 e. The molecule has 0 radical (unpaired) electrons. The molecule has 3 aromatic heterocycles. The first-order valence-electron chi connectivity index (χ1n) is 11.4. The molecule has 2 amide bonds. The Bertz CT molecular complexity index is 1240. The van der Waals surface area contributed by atoms with E-state index < -0.39 is 12.3 Å². The zero-order chi connectivity index (χ0) is 24.9. The van der Waals surface area contributed by atoms with Crippen molar-refractivity contribution in [1.82, 2.24) is 19.7 Å². The van der Waals surface area contributed by atoms with Gasteiger partial charge in [-0.15, -0.1) is 0 Å². The largest absolute Gasteiger partial charge is 0.382 e. The van der Waals surface area contributed by atoms with Gasteiger partial charge in [0.1, 0.15) is 23.4 Å². The molecule has 1 fully saturated rings. The third-order valence-electron chi connectivity index (χ3n) is 5.31. The first-order chi connectivity index (χ1) is 16.9. The van der Waals surface area contributed by atoms with E-state index >= 15 is 0 Å². The Morgan fingerprint density at radius 3 is 2.71 bits per heavy atom. The average Bonchev–Trinajstić information content (AvgIpc) is 3.51. The number of rotatable bonds is 7. The van der Waals surface area contributed by atoms with E-state index in [-0.39, 0.29) is 6.04 Å².